The minimum Gasteiger partial charge on any atom is -0.464 e. The topological polar surface area (TPSA) is 83.8 Å². The molecule has 0 radical (unpaired) electrons. The predicted molar refractivity (Wildman–Crippen MR) is 99.7 cm³/mol. The van der Waals surface area contributed by atoms with Gasteiger partial charge in [0.05, 0.1) is 12.7 Å². The van der Waals surface area contributed by atoms with E-state index in [1.165, 1.54) is 5.57 Å². The fourth-order valence-corrected chi connectivity index (χ4v) is 7.28. The normalized spacial score (nSPS) is 48.9. The first-order chi connectivity index (χ1) is 12.7. The van der Waals surface area contributed by atoms with Crippen LogP contribution in [0.25, 0.3) is 0 Å². The third kappa shape index (κ3) is 2.43. The number of allylic oxidation sites excluding steroid dienone is 1. The van der Waals surface area contributed by atoms with Crippen LogP contribution in [0.3, 0.4) is 0 Å². The van der Waals surface area contributed by atoms with Crippen molar-refractivity contribution in [2.75, 3.05) is 6.61 Å². The summed E-state index contributed by atoms with van der Waals surface area (Å²) in [7, 11) is 0. The smallest absolute Gasteiger partial charge is 0.338 e. The summed E-state index contributed by atoms with van der Waals surface area (Å²) in [6.07, 6.45) is 5.96. The molecule has 5 heteroatoms. The first-order valence-electron chi connectivity index (χ1n) is 10.5. The van der Waals surface area contributed by atoms with E-state index in [-0.39, 0.29) is 35.6 Å². The van der Waals surface area contributed by atoms with E-state index in [0.29, 0.717) is 19.3 Å². The standard InChI is InChI=1S/C22H32O5/c1-4-27-19(25)22(26)10-8-16-15-6-5-13-11-14(23)7-9-20(13,2)18(15)17(24)12-21(16,22)3/h11,15-18,24,26H,4-10,12H2,1-3H3/t15-,16-,17-,18+,20-,21-,22-/m0/s1. The average Bonchev–Trinajstić information content (AvgIpc) is 2.87. The van der Waals surface area contributed by atoms with Gasteiger partial charge in [-0.2, -0.15) is 0 Å². The summed E-state index contributed by atoms with van der Waals surface area (Å²) in [4.78, 5) is 24.6. The molecule has 0 aromatic carbocycles. The van der Waals surface area contributed by atoms with Crippen LogP contribution in [-0.2, 0) is 14.3 Å². The molecule has 0 amide bonds. The third-order valence-corrected chi connectivity index (χ3v) is 8.66. The number of aliphatic hydroxyl groups excluding tert-OH is 1. The second-order valence-corrected chi connectivity index (χ2v) is 9.70. The molecule has 5 nitrogen and oxygen atoms in total. The fraction of sp³-hybridized carbons (Fsp3) is 0.818. The third-order valence-electron chi connectivity index (χ3n) is 8.66. The van der Waals surface area contributed by atoms with Crippen LogP contribution >= 0.6 is 0 Å². The molecule has 0 aromatic heterocycles. The molecule has 0 saturated heterocycles. The first kappa shape index (κ1) is 19.1. The summed E-state index contributed by atoms with van der Waals surface area (Å²) in [5.41, 5.74) is -1.13. The SMILES string of the molecule is CCOC(=O)[C@@]1(O)CC[C@H]2[C@@H]3CCC4=CC(=O)CC[C@]4(C)[C@H]3[C@@H](O)C[C@@]21C. The van der Waals surface area contributed by atoms with Gasteiger partial charge in [-0.25, -0.2) is 4.79 Å². The summed E-state index contributed by atoms with van der Waals surface area (Å²) in [5.74, 6) is 0.210. The molecule has 7 atom stereocenters. The highest BCUT2D eigenvalue weighted by Crippen LogP contribution is 2.67. The van der Waals surface area contributed by atoms with Crippen LogP contribution in [0, 0.1) is 28.6 Å². The fourth-order valence-electron chi connectivity index (χ4n) is 7.28. The van der Waals surface area contributed by atoms with E-state index in [4.69, 9.17) is 4.74 Å². The lowest BCUT2D eigenvalue weighted by Crippen LogP contribution is -2.61. The van der Waals surface area contributed by atoms with Gasteiger partial charge >= 0.3 is 5.97 Å². The van der Waals surface area contributed by atoms with Crippen molar-refractivity contribution >= 4 is 11.8 Å². The van der Waals surface area contributed by atoms with E-state index in [0.717, 1.165) is 25.7 Å². The molecule has 0 aromatic rings. The van der Waals surface area contributed by atoms with Gasteiger partial charge in [0, 0.05) is 11.8 Å². The van der Waals surface area contributed by atoms with Crippen molar-refractivity contribution in [1.29, 1.82) is 0 Å². The summed E-state index contributed by atoms with van der Waals surface area (Å²) in [6.45, 7) is 6.18. The molecule has 3 fully saturated rings. The molecule has 0 bridgehead atoms. The number of aliphatic hydroxyl groups is 2. The quantitative estimate of drug-likeness (QED) is 0.724. The van der Waals surface area contributed by atoms with E-state index in [1.54, 1.807) is 6.92 Å². The van der Waals surface area contributed by atoms with Gasteiger partial charge in [-0.3, -0.25) is 4.79 Å². The number of ether oxygens (including phenoxy) is 1. The Morgan fingerprint density at radius 2 is 2.00 bits per heavy atom. The molecule has 2 N–H and O–H groups in total. The van der Waals surface area contributed by atoms with Gasteiger partial charge in [0.25, 0.3) is 0 Å². The Bertz CT molecular complexity index is 699. The van der Waals surface area contributed by atoms with Crippen molar-refractivity contribution in [3.63, 3.8) is 0 Å². The number of rotatable bonds is 2. The number of fused-ring (bicyclic) bond motifs is 5. The van der Waals surface area contributed by atoms with Crippen LogP contribution < -0.4 is 0 Å². The Labute approximate surface area is 161 Å². The Hall–Kier alpha value is -1.20. The molecule has 4 aliphatic carbocycles. The van der Waals surface area contributed by atoms with E-state index in [9.17, 15) is 19.8 Å². The van der Waals surface area contributed by atoms with Crippen LogP contribution in [0.5, 0.6) is 0 Å². The molecular weight excluding hydrogens is 344 g/mol. The van der Waals surface area contributed by atoms with Gasteiger partial charge in [-0.15, -0.1) is 0 Å². The molecule has 150 valence electrons. The van der Waals surface area contributed by atoms with Crippen molar-refractivity contribution in [3.05, 3.63) is 11.6 Å². The summed E-state index contributed by atoms with van der Waals surface area (Å²) in [6, 6.07) is 0. The number of esters is 1. The van der Waals surface area contributed by atoms with Gasteiger partial charge in [-0.1, -0.05) is 19.4 Å². The summed E-state index contributed by atoms with van der Waals surface area (Å²) in [5, 5.41) is 22.6. The number of hydrogen-bond donors (Lipinski definition) is 2. The zero-order valence-electron chi connectivity index (χ0n) is 16.7. The second-order valence-electron chi connectivity index (χ2n) is 9.70. The van der Waals surface area contributed by atoms with Crippen LogP contribution in [-0.4, -0.2) is 40.3 Å². The maximum absolute atomic E-state index is 12.6. The molecule has 0 heterocycles. The van der Waals surface area contributed by atoms with Gasteiger partial charge < -0.3 is 14.9 Å². The molecule has 0 aliphatic heterocycles. The minimum atomic E-state index is -1.51. The zero-order chi connectivity index (χ0) is 19.6. The van der Waals surface area contributed by atoms with E-state index in [2.05, 4.69) is 6.92 Å². The Morgan fingerprint density at radius 1 is 1.26 bits per heavy atom. The van der Waals surface area contributed by atoms with Crippen molar-refractivity contribution in [2.45, 2.75) is 77.4 Å². The lowest BCUT2D eigenvalue weighted by molar-refractivity contribution is -0.199. The highest BCUT2D eigenvalue weighted by molar-refractivity contribution is 5.91. The predicted octanol–water partition coefficient (Wildman–Crippen LogP) is 2.78. The lowest BCUT2D eigenvalue weighted by atomic mass is 9.45. The van der Waals surface area contributed by atoms with Crippen molar-refractivity contribution in [2.24, 2.45) is 28.6 Å². The molecule has 4 aliphatic rings. The first-order valence-corrected chi connectivity index (χ1v) is 10.5. The highest BCUT2D eigenvalue weighted by Gasteiger charge is 2.69. The summed E-state index contributed by atoms with van der Waals surface area (Å²) < 4.78 is 5.21. The summed E-state index contributed by atoms with van der Waals surface area (Å²) >= 11 is 0. The highest BCUT2D eigenvalue weighted by atomic mass is 16.5. The molecule has 27 heavy (non-hydrogen) atoms. The van der Waals surface area contributed by atoms with Gasteiger partial charge in [-0.05, 0) is 74.7 Å². The van der Waals surface area contributed by atoms with Crippen LogP contribution in [0.2, 0.25) is 0 Å². The van der Waals surface area contributed by atoms with Gasteiger partial charge in [0.1, 0.15) is 0 Å². The van der Waals surface area contributed by atoms with Crippen LogP contribution in [0.15, 0.2) is 11.6 Å². The number of carbonyl (C=O) groups excluding carboxylic acids is 2. The Balaban J connectivity index is 1.71. The maximum Gasteiger partial charge on any atom is 0.338 e. The zero-order valence-corrected chi connectivity index (χ0v) is 16.7. The molecular formula is C22H32O5. The van der Waals surface area contributed by atoms with Crippen molar-refractivity contribution in [1.82, 2.24) is 0 Å². The lowest BCUT2D eigenvalue weighted by Gasteiger charge is -2.60. The Kier molecular flexibility index (Phi) is 4.36. The number of ketones is 1. The van der Waals surface area contributed by atoms with Gasteiger partial charge in [0.15, 0.2) is 11.4 Å². The van der Waals surface area contributed by atoms with Gasteiger partial charge in [0.2, 0.25) is 0 Å². The minimum absolute atomic E-state index is 0.0909. The number of hydrogen-bond acceptors (Lipinski definition) is 5. The van der Waals surface area contributed by atoms with Crippen molar-refractivity contribution < 1.29 is 24.5 Å². The van der Waals surface area contributed by atoms with Crippen LogP contribution in [0.1, 0.15) is 65.7 Å². The molecule has 3 saturated carbocycles. The second kappa shape index (κ2) is 6.15. The monoisotopic (exact) mass is 376 g/mol. The molecule has 0 unspecified atom stereocenters. The van der Waals surface area contributed by atoms with Crippen LogP contribution in [0.4, 0.5) is 0 Å². The molecule has 0 spiro atoms. The average molecular weight is 376 g/mol. The largest absolute Gasteiger partial charge is 0.464 e. The molecule has 4 rings (SSSR count). The van der Waals surface area contributed by atoms with E-state index in [1.807, 2.05) is 13.0 Å². The Morgan fingerprint density at radius 3 is 2.70 bits per heavy atom. The van der Waals surface area contributed by atoms with E-state index >= 15 is 0 Å². The van der Waals surface area contributed by atoms with Crippen molar-refractivity contribution in [3.8, 4) is 0 Å². The number of carbonyl (C=O) groups is 2. The maximum atomic E-state index is 12.6. The van der Waals surface area contributed by atoms with E-state index < -0.39 is 23.1 Å².